The second-order valence-electron chi connectivity index (χ2n) is 7.05. The number of carbonyl (C=O) groups is 1. The van der Waals surface area contributed by atoms with Gasteiger partial charge in [-0.3, -0.25) is 9.52 Å². The average molecular weight is 465 g/mol. The molecule has 3 aromatic carbocycles. The number of anilines is 1. The number of halogens is 1. The van der Waals surface area contributed by atoms with E-state index in [4.69, 9.17) is 11.6 Å². The van der Waals surface area contributed by atoms with Crippen LogP contribution >= 0.6 is 11.6 Å². The monoisotopic (exact) mass is 464 g/mol. The lowest BCUT2D eigenvalue weighted by atomic mass is 9.97. The molecule has 32 heavy (non-hydrogen) atoms. The molecule has 0 aliphatic carbocycles. The van der Waals surface area contributed by atoms with Gasteiger partial charge in [-0.25, -0.2) is 13.4 Å². The molecule has 0 spiro atoms. The summed E-state index contributed by atoms with van der Waals surface area (Å²) in [5, 5.41) is 10.2. The maximum absolute atomic E-state index is 13.4. The van der Waals surface area contributed by atoms with Crippen LogP contribution in [0.3, 0.4) is 0 Å². The second-order valence-corrected chi connectivity index (χ2v) is 9.17. The lowest BCUT2D eigenvalue weighted by Gasteiger charge is -2.14. The zero-order chi connectivity index (χ0) is 22.9. The maximum Gasteiger partial charge on any atom is 0.261 e. The Bertz CT molecular complexity index is 1470. The molecule has 0 radical (unpaired) electrons. The zero-order valence-electron chi connectivity index (χ0n) is 16.9. The molecule has 0 aliphatic heterocycles. The van der Waals surface area contributed by atoms with Gasteiger partial charge in [0.1, 0.15) is 5.82 Å². The number of aryl methyl sites for hydroxylation is 1. The molecule has 0 unspecified atom stereocenters. The van der Waals surface area contributed by atoms with Gasteiger partial charge in [-0.1, -0.05) is 35.9 Å². The van der Waals surface area contributed by atoms with Crippen molar-refractivity contribution in [2.24, 2.45) is 7.05 Å². The minimum absolute atomic E-state index is 0.00339. The Morgan fingerprint density at radius 1 is 1.06 bits per heavy atom. The molecule has 9 heteroatoms. The summed E-state index contributed by atoms with van der Waals surface area (Å²) in [6.07, 6.45) is 0. The van der Waals surface area contributed by atoms with Crippen LogP contribution in [-0.4, -0.2) is 23.8 Å². The molecule has 0 saturated carbocycles. The van der Waals surface area contributed by atoms with Gasteiger partial charge in [-0.15, -0.1) is 0 Å². The standard InChI is InChI=1S/C23H17ClN4O3S/c1-28-21-9-5-4-8-20(21)26-23(28)18(14-25)22(29)17-6-2-3-7-19(17)27-32(30,31)16-12-10-15(24)11-13-16/h2-13,18,27H,1H3/t18-/m1/s1. The normalized spacial score (nSPS) is 12.3. The van der Waals surface area contributed by atoms with Crippen molar-refractivity contribution in [3.8, 4) is 6.07 Å². The Kier molecular flexibility index (Phi) is 5.70. The molecule has 160 valence electrons. The first-order chi connectivity index (χ1) is 15.3. The number of para-hydroxylation sites is 3. The van der Waals surface area contributed by atoms with E-state index in [-0.39, 0.29) is 22.0 Å². The molecule has 1 N–H and O–H groups in total. The predicted molar refractivity (Wildman–Crippen MR) is 122 cm³/mol. The average Bonchev–Trinajstić information content (AvgIpc) is 3.11. The van der Waals surface area contributed by atoms with Gasteiger partial charge in [0.15, 0.2) is 11.7 Å². The minimum atomic E-state index is -3.98. The number of fused-ring (bicyclic) bond motifs is 1. The summed E-state index contributed by atoms with van der Waals surface area (Å²) in [7, 11) is -2.24. The molecular weight excluding hydrogens is 448 g/mol. The van der Waals surface area contributed by atoms with E-state index in [2.05, 4.69) is 9.71 Å². The van der Waals surface area contributed by atoms with Gasteiger partial charge in [-0.05, 0) is 48.5 Å². The fourth-order valence-corrected chi connectivity index (χ4v) is 4.62. The number of hydrogen-bond donors (Lipinski definition) is 1. The van der Waals surface area contributed by atoms with Crippen LogP contribution in [0.4, 0.5) is 5.69 Å². The third kappa shape index (κ3) is 3.96. The number of benzene rings is 3. The predicted octanol–water partition coefficient (Wildman–Crippen LogP) is 4.52. The van der Waals surface area contributed by atoms with Gasteiger partial charge in [0.05, 0.1) is 27.7 Å². The highest BCUT2D eigenvalue weighted by atomic mass is 35.5. The van der Waals surface area contributed by atoms with Crippen LogP contribution in [0, 0.1) is 11.3 Å². The molecule has 4 rings (SSSR count). The van der Waals surface area contributed by atoms with Gasteiger partial charge in [0, 0.05) is 17.6 Å². The van der Waals surface area contributed by atoms with Crippen molar-refractivity contribution in [3.05, 3.63) is 89.2 Å². The molecule has 0 aliphatic rings. The third-order valence-corrected chi connectivity index (χ3v) is 6.67. The third-order valence-electron chi connectivity index (χ3n) is 5.03. The Morgan fingerprint density at radius 3 is 2.41 bits per heavy atom. The smallest absolute Gasteiger partial charge is 0.261 e. The van der Waals surface area contributed by atoms with Crippen molar-refractivity contribution in [1.82, 2.24) is 9.55 Å². The number of aromatic nitrogens is 2. The molecule has 7 nitrogen and oxygen atoms in total. The van der Waals surface area contributed by atoms with E-state index in [1.165, 1.54) is 36.4 Å². The van der Waals surface area contributed by atoms with Gasteiger partial charge in [0.2, 0.25) is 0 Å². The number of carbonyl (C=O) groups excluding carboxylic acids is 1. The lowest BCUT2D eigenvalue weighted by molar-refractivity contribution is 0.0976. The topological polar surface area (TPSA) is 105 Å². The number of nitrogens with zero attached hydrogens (tertiary/aromatic N) is 3. The van der Waals surface area contributed by atoms with Gasteiger partial charge < -0.3 is 4.57 Å². The SMILES string of the molecule is Cn1c([C@H](C#N)C(=O)c2ccccc2NS(=O)(=O)c2ccc(Cl)cc2)nc2ccccc21. The summed E-state index contributed by atoms with van der Waals surface area (Å²) in [6.45, 7) is 0. The van der Waals surface area contributed by atoms with Crippen molar-refractivity contribution in [2.45, 2.75) is 10.8 Å². The fraction of sp³-hybridized carbons (Fsp3) is 0.0870. The fourth-order valence-electron chi connectivity index (χ4n) is 3.42. The molecule has 0 saturated heterocycles. The van der Waals surface area contributed by atoms with Crippen molar-refractivity contribution < 1.29 is 13.2 Å². The maximum atomic E-state index is 13.4. The number of rotatable bonds is 6. The summed E-state index contributed by atoms with van der Waals surface area (Å²) in [5.74, 6) is -1.48. The summed E-state index contributed by atoms with van der Waals surface area (Å²) < 4.78 is 29.8. The van der Waals surface area contributed by atoms with Crippen LogP contribution in [0.5, 0.6) is 0 Å². The molecule has 1 aromatic heterocycles. The van der Waals surface area contributed by atoms with Crippen LogP contribution in [-0.2, 0) is 17.1 Å². The number of nitriles is 1. The van der Waals surface area contributed by atoms with Crippen molar-refractivity contribution >= 4 is 44.1 Å². The van der Waals surface area contributed by atoms with Crippen molar-refractivity contribution in [1.29, 1.82) is 5.26 Å². The molecule has 0 bridgehead atoms. The number of imidazole rings is 1. The summed E-state index contributed by atoms with van der Waals surface area (Å²) in [5.41, 5.74) is 1.59. The first-order valence-corrected chi connectivity index (χ1v) is 11.4. The molecule has 0 fully saturated rings. The number of sulfonamides is 1. The largest absolute Gasteiger partial charge is 0.330 e. The summed E-state index contributed by atoms with van der Waals surface area (Å²) in [4.78, 5) is 17.8. The van der Waals surface area contributed by atoms with Gasteiger partial charge in [0.25, 0.3) is 10.0 Å². The van der Waals surface area contributed by atoms with Crippen LogP contribution < -0.4 is 4.72 Å². The highest BCUT2D eigenvalue weighted by molar-refractivity contribution is 7.92. The van der Waals surface area contributed by atoms with E-state index in [0.717, 1.165) is 5.52 Å². The Labute approximate surface area is 189 Å². The number of ketones is 1. The van der Waals surface area contributed by atoms with Crippen LogP contribution in [0.25, 0.3) is 11.0 Å². The first kappa shape index (κ1) is 21.6. The second kappa shape index (κ2) is 8.46. The van der Waals surface area contributed by atoms with Crippen molar-refractivity contribution in [3.63, 3.8) is 0 Å². The Balaban J connectivity index is 1.72. The number of nitrogens with one attached hydrogen (secondary N) is 1. The van der Waals surface area contributed by atoms with Gasteiger partial charge >= 0.3 is 0 Å². The first-order valence-electron chi connectivity index (χ1n) is 9.54. The van der Waals surface area contributed by atoms with E-state index in [1.54, 1.807) is 29.8 Å². The summed E-state index contributed by atoms with van der Waals surface area (Å²) in [6, 6.07) is 21.2. The lowest BCUT2D eigenvalue weighted by Crippen LogP contribution is -2.19. The highest BCUT2D eigenvalue weighted by Gasteiger charge is 2.29. The zero-order valence-corrected chi connectivity index (χ0v) is 18.4. The number of hydrogen-bond acceptors (Lipinski definition) is 5. The van der Waals surface area contributed by atoms with E-state index in [0.29, 0.717) is 10.5 Å². The van der Waals surface area contributed by atoms with E-state index < -0.39 is 21.7 Å². The Morgan fingerprint density at radius 2 is 1.72 bits per heavy atom. The van der Waals surface area contributed by atoms with E-state index in [1.807, 2.05) is 24.3 Å². The molecule has 1 atom stereocenters. The van der Waals surface area contributed by atoms with Crippen molar-refractivity contribution in [2.75, 3.05) is 4.72 Å². The van der Waals surface area contributed by atoms with Gasteiger partial charge in [-0.2, -0.15) is 5.26 Å². The quantitative estimate of drug-likeness (QED) is 0.422. The van der Waals surface area contributed by atoms with Crippen LogP contribution in [0.2, 0.25) is 5.02 Å². The minimum Gasteiger partial charge on any atom is -0.330 e. The van der Waals surface area contributed by atoms with Crippen LogP contribution in [0.15, 0.2) is 77.7 Å². The van der Waals surface area contributed by atoms with Crippen LogP contribution in [0.1, 0.15) is 22.1 Å². The van der Waals surface area contributed by atoms with E-state index >= 15 is 0 Å². The molecule has 0 amide bonds. The van der Waals surface area contributed by atoms with E-state index in [9.17, 15) is 18.5 Å². The Hall–Kier alpha value is -3.67. The molecule has 1 heterocycles. The summed E-state index contributed by atoms with van der Waals surface area (Å²) >= 11 is 5.84. The number of Topliss-reactive ketones (excluding diaryl/α,β-unsaturated/α-hetero) is 1. The molecular formula is C23H17ClN4O3S. The highest BCUT2D eigenvalue weighted by Crippen LogP contribution is 2.28. The molecule has 4 aromatic rings.